The fourth-order valence-corrected chi connectivity index (χ4v) is 4.56. The van der Waals surface area contributed by atoms with Crippen LogP contribution in [0.15, 0.2) is 42.5 Å². The van der Waals surface area contributed by atoms with Gasteiger partial charge in [0.25, 0.3) is 5.91 Å². The predicted molar refractivity (Wildman–Crippen MR) is 115 cm³/mol. The van der Waals surface area contributed by atoms with Gasteiger partial charge < -0.3 is 14.5 Å². The summed E-state index contributed by atoms with van der Waals surface area (Å²) in [6.45, 7) is 7.72. The summed E-state index contributed by atoms with van der Waals surface area (Å²) in [4.78, 5) is 21.9. The Kier molecular flexibility index (Phi) is 5.48. The molecule has 1 fully saturated rings. The first-order valence-electron chi connectivity index (χ1n) is 9.84. The van der Waals surface area contributed by atoms with Gasteiger partial charge in [-0.25, -0.2) is 4.98 Å². The third-order valence-corrected chi connectivity index (χ3v) is 6.16. The average molecular weight is 396 g/mol. The maximum Gasteiger partial charge on any atom is 0.254 e. The number of anilines is 1. The number of fused-ring (bicyclic) bond motifs is 1. The van der Waals surface area contributed by atoms with E-state index < -0.39 is 0 Å². The molecule has 1 aromatic heterocycles. The lowest BCUT2D eigenvalue weighted by atomic mass is 10.1. The van der Waals surface area contributed by atoms with Gasteiger partial charge in [0.2, 0.25) is 0 Å². The van der Waals surface area contributed by atoms with E-state index in [-0.39, 0.29) is 5.91 Å². The van der Waals surface area contributed by atoms with Gasteiger partial charge in [0, 0.05) is 31.7 Å². The third kappa shape index (κ3) is 3.83. The Hall–Kier alpha value is -2.60. The molecular weight excluding hydrogens is 370 g/mol. The highest BCUT2D eigenvalue weighted by Crippen LogP contribution is 2.30. The van der Waals surface area contributed by atoms with Crippen molar-refractivity contribution in [1.29, 1.82) is 0 Å². The molecule has 0 bridgehead atoms. The number of amides is 1. The lowest BCUT2D eigenvalue weighted by Crippen LogP contribution is -2.48. The van der Waals surface area contributed by atoms with Crippen molar-refractivity contribution in [3.8, 4) is 5.75 Å². The molecule has 4 rings (SSSR count). The molecule has 0 N–H and O–H groups in total. The number of hydrogen-bond acceptors (Lipinski definition) is 5. The van der Waals surface area contributed by atoms with E-state index in [9.17, 15) is 4.79 Å². The first-order valence-corrected chi connectivity index (χ1v) is 10.7. The van der Waals surface area contributed by atoms with Crippen molar-refractivity contribution in [3.63, 3.8) is 0 Å². The zero-order chi connectivity index (χ0) is 19.5. The molecule has 1 aliphatic rings. The molecule has 146 valence electrons. The number of aromatic nitrogens is 1. The van der Waals surface area contributed by atoms with Gasteiger partial charge in [-0.15, -0.1) is 0 Å². The van der Waals surface area contributed by atoms with Crippen LogP contribution in [0.1, 0.15) is 29.8 Å². The summed E-state index contributed by atoms with van der Waals surface area (Å²) in [5.41, 5.74) is 3.09. The van der Waals surface area contributed by atoms with E-state index in [0.29, 0.717) is 25.3 Å². The van der Waals surface area contributed by atoms with E-state index in [1.165, 1.54) is 10.3 Å². The number of thiazole rings is 1. The van der Waals surface area contributed by atoms with Crippen molar-refractivity contribution in [2.24, 2.45) is 0 Å². The monoisotopic (exact) mass is 395 g/mol. The molecule has 0 aliphatic carbocycles. The van der Waals surface area contributed by atoms with Crippen molar-refractivity contribution in [2.45, 2.75) is 20.3 Å². The molecule has 1 saturated heterocycles. The average Bonchev–Trinajstić information content (AvgIpc) is 3.17. The van der Waals surface area contributed by atoms with Crippen LogP contribution in [-0.4, -0.2) is 48.6 Å². The van der Waals surface area contributed by atoms with Crippen molar-refractivity contribution in [2.75, 3.05) is 37.7 Å². The Bertz CT molecular complexity index is 977. The molecule has 6 heteroatoms. The molecule has 0 unspecified atom stereocenters. The number of aryl methyl sites for hydroxylation is 1. The van der Waals surface area contributed by atoms with Crippen LogP contribution in [0.3, 0.4) is 0 Å². The Labute approximate surface area is 169 Å². The van der Waals surface area contributed by atoms with E-state index in [1.807, 2.05) is 36.1 Å². The molecular formula is C22H25N3O2S. The number of nitrogens with zero attached hydrogens (tertiary/aromatic N) is 3. The van der Waals surface area contributed by atoms with E-state index in [1.54, 1.807) is 11.3 Å². The molecule has 28 heavy (non-hydrogen) atoms. The maximum atomic E-state index is 12.8. The summed E-state index contributed by atoms with van der Waals surface area (Å²) < 4.78 is 6.75. The fraction of sp³-hybridized carbons (Fsp3) is 0.364. The molecule has 3 aromatic rings. The highest BCUT2D eigenvalue weighted by molar-refractivity contribution is 7.22. The maximum absolute atomic E-state index is 12.8. The fourth-order valence-electron chi connectivity index (χ4n) is 3.48. The van der Waals surface area contributed by atoms with Crippen LogP contribution < -0.4 is 9.64 Å². The highest BCUT2D eigenvalue weighted by atomic mass is 32.1. The molecule has 2 aromatic carbocycles. The number of carbonyl (C=O) groups excluding carboxylic acids is 1. The Morgan fingerprint density at radius 1 is 1.11 bits per heavy atom. The van der Waals surface area contributed by atoms with Crippen LogP contribution in [0.4, 0.5) is 5.13 Å². The Morgan fingerprint density at radius 2 is 1.93 bits per heavy atom. The summed E-state index contributed by atoms with van der Waals surface area (Å²) in [5, 5.41) is 1.05. The first kappa shape index (κ1) is 18.7. The summed E-state index contributed by atoms with van der Waals surface area (Å²) in [5.74, 6) is 0.811. The first-order chi connectivity index (χ1) is 13.7. The van der Waals surface area contributed by atoms with Gasteiger partial charge in [0.15, 0.2) is 5.13 Å². The summed E-state index contributed by atoms with van der Waals surface area (Å²) in [6, 6.07) is 13.9. The zero-order valence-corrected chi connectivity index (χ0v) is 17.2. The van der Waals surface area contributed by atoms with Crippen LogP contribution >= 0.6 is 11.3 Å². The SMILES string of the molecule is CCOc1cccc(C(=O)N2CCN(c3nc4ccc(CC)cc4s3)CC2)c1. The van der Waals surface area contributed by atoms with Gasteiger partial charge in [0.05, 0.1) is 16.8 Å². The van der Waals surface area contributed by atoms with E-state index in [2.05, 4.69) is 30.0 Å². The third-order valence-electron chi connectivity index (χ3n) is 5.08. The molecule has 2 heterocycles. The number of ether oxygens (including phenoxy) is 1. The van der Waals surface area contributed by atoms with Crippen molar-refractivity contribution < 1.29 is 9.53 Å². The van der Waals surface area contributed by atoms with Gasteiger partial charge in [-0.2, -0.15) is 0 Å². The number of hydrogen-bond donors (Lipinski definition) is 0. The molecule has 5 nitrogen and oxygen atoms in total. The van der Waals surface area contributed by atoms with Crippen LogP contribution in [0.25, 0.3) is 10.2 Å². The van der Waals surface area contributed by atoms with Crippen molar-refractivity contribution in [3.05, 3.63) is 53.6 Å². The molecule has 1 amide bonds. The van der Waals surface area contributed by atoms with Crippen LogP contribution in [-0.2, 0) is 6.42 Å². The van der Waals surface area contributed by atoms with Gasteiger partial charge in [0.1, 0.15) is 5.75 Å². The van der Waals surface area contributed by atoms with Gasteiger partial charge in [-0.05, 0) is 49.2 Å². The summed E-state index contributed by atoms with van der Waals surface area (Å²) in [6.07, 6.45) is 1.04. The summed E-state index contributed by atoms with van der Waals surface area (Å²) in [7, 11) is 0. The Morgan fingerprint density at radius 3 is 2.68 bits per heavy atom. The normalized spacial score (nSPS) is 14.5. The zero-order valence-electron chi connectivity index (χ0n) is 16.4. The summed E-state index contributed by atoms with van der Waals surface area (Å²) >= 11 is 1.74. The standard InChI is InChI=1S/C22H25N3O2S/c1-3-16-8-9-19-20(14-16)28-22(23-19)25-12-10-24(11-13-25)21(26)17-6-5-7-18(15-17)27-4-2/h5-9,14-15H,3-4,10-13H2,1-2H3. The van der Waals surface area contributed by atoms with Crippen molar-refractivity contribution >= 4 is 32.6 Å². The highest BCUT2D eigenvalue weighted by Gasteiger charge is 2.24. The number of piperazine rings is 1. The number of carbonyl (C=O) groups is 1. The van der Waals surface area contributed by atoms with E-state index in [4.69, 9.17) is 9.72 Å². The minimum atomic E-state index is 0.0677. The van der Waals surface area contributed by atoms with E-state index in [0.717, 1.165) is 35.9 Å². The topological polar surface area (TPSA) is 45.7 Å². The predicted octanol–water partition coefficient (Wildman–Crippen LogP) is 4.22. The quantitative estimate of drug-likeness (QED) is 0.649. The van der Waals surface area contributed by atoms with Crippen LogP contribution in [0.5, 0.6) is 5.75 Å². The lowest BCUT2D eigenvalue weighted by molar-refractivity contribution is 0.0746. The molecule has 0 spiro atoms. The van der Waals surface area contributed by atoms with Gasteiger partial charge in [-0.3, -0.25) is 4.79 Å². The smallest absolute Gasteiger partial charge is 0.254 e. The van der Waals surface area contributed by atoms with Crippen LogP contribution in [0.2, 0.25) is 0 Å². The second-order valence-electron chi connectivity index (χ2n) is 6.89. The molecule has 0 saturated carbocycles. The molecule has 0 atom stereocenters. The van der Waals surface area contributed by atoms with Gasteiger partial charge >= 0.3 is 0 Å². The lowest BCUT2D eigenvalue weighted by Gasteiger charge is -2.34. The largest absolute Gasteiger partial charge is 0.494 e. The molecule has 1 aliphatic heterocycles. The minimum absolute atomic E-state index is 0.0677. The van der Waals surface area contributed by atoms with E-state index >= 15 is 0 Å². The van der Waals surface area contributed by atoms with Gasteiger partial charge in [-0.1, -0.05) is 30.4 Å². The molecule has 0 radical (unpaired) electrons. The number of benzene rings is 2. The number of rotatable bonds is 5. The van der Waals surface area contributed by atoms with Crippen molar-refractivity contribution in [1.82, 2.24) is 9.88 Å². The second-order valence-corrected chi connectivity index (χ2v) is 7.90. The second kappa shape index (κ2) is 8.19. The van der Waals surface area contributed by atoms with Crippen LogP contribution in [0, 0.1) is 0 Å². The minimum Gasteiger partial charge on any atom is -0.494 e. The Balaban J connectivity index is 1.43.